The van der Waals surface area contributed by atoms with E-state index in [1.807, 2.05) is 42.8 Å². The molecule has 0 saturated carbocycles. The van der Waals surface area contributed by atoms with Crippen molar-refractivity contribution in [1.82, 2.24) is 19.8 Å². The molecule has 2 aromatic carbocycles. The number of halogens is 1. The van der Waals surface area contributed by atoms with Gasteiger partial charge in [-0.2, -0.15) is 0 Å². The Balaban J connectivity index is 1.62. The summed E-state index contributed by atoms with van der Waals surface area (Å²) >= 11 is 0. The van der Waals surface area contributed by atoms with Crippen LogP contribution in [0, 0.1) is 0 Å². The van der Waals surface area contributed by atoms with Crippen molar-refractivity contribution in [2.75, 3.05) is 26.9 Å². The number of amidine groups is 1. The molecule has 0 fully saturated rings. The maximum Gasteiger partial charge on any atom is 0.254 e. The van der Waals surface area contributed by atoms with E-state index in [0.717, 1.165) is 11.1 Å². The van der Waals surface area contributed by atoms with Crippen molar-refractivity contribution in [3.63, 3.8) is 0 Å². The van der Waals surface area contributed by atoms with Gasteiger partial charge in [-0.05, 0) is 49.6 Å². The summed E-state index contributed by atoms with van der Waals surface area (Å²) in [5, 5.41) is 3.08. The molecular formula is C26H31FN6O3. The van der Waals surface area contributed by atoms with Crippen molar-refractivity contribution in [3.8, 4) is 5.75 Å². The molecule has 2 amide bonds. The van der Waals surface area contributed by atoms with Crippen molar-refractivity contribution in [3.05, 3.63) is 58.9 Å². The summed E-state index contributed by atoms with van der Waals surface area (Å²) in [6.07, 6.45) is 1.06. The summed E-state index contributed by atoms with van der Waals surface area (Å²) in [7, 11) is 3.47. The lowest BCUT2D eigenvalue weighted by Crippen LogP contribution is -2.30. The second-order valence-corrected chi connectivity index (χ2v) is 8.72. The molecule has 0 aliphatic carbocycles. The Kier molecular flexibility index (Phi) is 7.52. The highest BCUT2D eigenvalue weighted by Crippen LogP contribution is 2.29. The van der Waals surface area contributed by atoms with Gasteiger partial charge in [-0.3, -0.25) is 14.6 Å². The largest absolute Gasteiger partial charge is 0.494 e. The number of alkyl halides is 1. The number of hydrogen-bond donors (Lipinski definition) is 2. The first kappa shape index (κ1) is 25.2. The Morgan fingerprint density at radius 1 is 1.33 bits per heavy atom. The Labute approximate surface area is 209 Å². The van der Waals surface area contributed by atoms with Gasteiger partial charge in [0.1, 0.15) is 29.6 Å². The lowest BCUT2D eigenvalue weighted by Gasteiger charge is -2.19. The minimum absolute atomic E-state index is 0.0491. The van der Waals surface area contributed by atoms with E-state index in [-0.39, 0.29) is 17.6 Å². The molecule has 190 valence electrons. The molecule has 36 heavy (non-hydrogen) atoms. The van der Waals surface area contributed by atoms with E-state index in [4.69, 9.17) is 15.5 Å². The van der Waals surface area contributed by atoms with Crippen molar-refractivity contribution in [2.24, 2.45) is 17.8 Å². The molecule has 3 N–H and O–H groups in total. The Morgan fingerprint density at radius 3 is 2.86 bits per heavy atom. The molecule has 4 rings (SSSR count). The lowest BCUT2D eigenvalue weighted by atomic mass is 10.0. The van der Waals surface area contributed by atoms with E-state index in [9.17, 15) is 14.0 Å². The SMILES string of the molecule is CCN1Cc2ccc(C(=O)N[C@@H](CCCN=C(N)CF)c3nc4c(OC)cccc4n3C)cc2C1=O. The molecule has 1 atom stereocenters. The maximum atomic E-state index is 13.3. The van der Waals surface area contributed by atoms with Crippen LogP contribution in [0.3, 0.4) is 0 Å². The predicted molar refractivity (Wildman–Crippen MR) is 136 cm³/mol. The minimum Gasteiger partial charge on any atom is -0.494 e. The smallest absolute Gasteiger partial charge is 0.254 e. The van der Waals surface area contributed by atoms with Gasteiger partial charge in [0, 0.05) is 37.8 Å². The van der Waals surface area contributed by atoms with Crippen molar-refractivity contribution in [1.29, 1.82) is 0 Å². The zero-order valence-electron chi connectivity index (χ0n) is 20.8. The summed E-state index contributed by atoms with van der Waals surface area (Å²) in [5.74, 6) is 0.866. The molecule has 1 aliphatic rings. The number of carbonyl (C=O) groups is 2. The number of hydrogen-bond acceptors (Lipinski definition) is 5. The number of aliphatic imine (C=N–C) groups is 1. The molecule has 0 spiro atoms. The lowest BCUT2D eigenvalue weighted by molar-refractivity contribution is 0.0787. The molecule has 9 nitrogen and oxygen atoms in total. The van der Waals surface area contributed by atoms with Gasteiger partial charge < -0.3 is 25.3 Å². The van der Waals surface area contributed by atoms with Gasteiger partial charge >= 0.3 is 0 Å². The number of carbonyl (C=O) groups excluding carboxylic acids is 2. The Hall–Kier alpha value is -3.95. The maximum absolute atomic E-state index is 13.3. The average Bonchev–Trinajstić information content (AvgIpc) is 3.41. The molecule has 2 heterocycles. The second kappa shape index (κ2) is 10.8. The molecular weight excluding hydrogens is 463 g/mol. The van der Waals surface area contributed by atoms with Crippen molar-refractivity contribution < 1.29 is 18.7 Å². The van der Waals surface area contributed by atoms with Crippen LogP contribution in [0.4, 0.5) is 4.39 Å². The first-order valence-electron chi connectivity index (χ1n) is 11.9. The van der Waals surface area contributed by atoms with Crippen LogP contribution in [0.5, 0.6) is 5.75 Å². The van der Waals surface area contributed by atoms with Gasteiger partial charge in [0.2, 0.25) is 0 Å². The van der Waals surface area contributed by atoms with E-state index < -0.39 is 12.7 Å². The van der Waals surface area contributed by atoms with E-state index in [0.29, 0.717) is 60.7 Å². The number of benzene rings is 2. The van der Waals surface area contributed by atoms with Crippen LogP contribution in [0.2, 0.25) is 0 Å². The number of methoxy groups -OCH3 is 1. The van der Waals surface area contributed by atoms with Gasteiger partial charge in [-0.1, -0.05) is 12.1 Å². The molecule has 0 unspecified atom stereocenters. The molecule has 3 aromatic rings. The first-order valence-corrected chi connectivity index (χ1v) is 11.9. The molecule has 0 saturated heterocycles. The normalized spacial score (nSPS) is 14.3. The van der Waals surface area contributed by atoms with E-state index >= 15 is 0 Å². The highest BCUT2D eigenvalue weighted by molar-refractivity contribution is 6.02. The minimum atomic E-state index is -0.794. The highest BCUT2D eigenvalue weighted by atomic mass is 19.1. The number of amides is 2. The number of nitrogens with zero attached hydrogens (tertiary/aromatic N) is 4. The summed E-state index contributed by atoms with van der Waals surface area (Å²) in [5.41, 5.74) is 8.93. The fourth-order valence-corrected chi connectivity index (χ4v) is 4.51. The summed E-state index contributed by atoms with van der Waals surface area (Å²) in [4.78, 5) is 36.5. The van der Waals surface area contributed by atoms with Crippen LogP contribution in [-0.4, -0.2) is 59.0 Å². The van der Waals surface area contributed by atoms with Crippen LogP contribution in [-0.2, 0) is 13.6 Å². The third kappa shape index (κ3) is 4.89. The summed E-state index contributed by atoms with van der Waals surface area (Å²) in [6, 6.07) is 10.4. The number of aryl methyl sites for hydroxylation is 1. The van der Waals surface area contributed by atoms with Gasteiger partial charge in [0.05, 0.1) is 18.7 Å². The molecule has 0 bridgehead atoms. The average molecular weight is 495 g/mol. The van der Waals surface area contributed by atoms with Crippen molar-refractivity contribution in [2.45, 2.75) is 32.4 Å². The molecule has 10 heteroatoms. The number of nitrogens with one attached hydrogen (secondary N) is 1. The highest BCUT2D eigenvalue weighted by Gasteiger charge is 2.28. The number of nitrogens with two attached hydrogens (primary N) is 1. The van der Waals surface area contributed by atoms with Crippen LogP contribution in [0.15, 0.2) is 41.4 Å². The predicted octanol–water partition coefficient (Wildman–Crippen LogP) is 3.14. The zero-order chi connectivity index (χ0) is 25.8. The topological polar surface area (TPSA) is 115 Å². The second-order valence-electron chi connectivity index (χ2n) is 8.72. The number of ether oxygens (including phenoxy) is 1. The monoisotopic (exact) mass is 494 g/mol. The van der Waals surface area contributed by atoms with Crippen molar-refractivity contribution >= 4 is 28.7 Å². The van der Waals surface area contributed by atoms with Crippen LogP contribution in [0.25, 0.3) is 11.0 Å². The third-order valence-electron chi connectivity index (χ3n) is 6.48. The molecule has 1 aliphatic heterocycles. The van der Waals surface area contributed by atoms with Crippen LogP contribution < -0.4 is 15.8 Å². The Morgan fingerprint density at radius 2 is 2.14 bits per heavy atom. The number of imidazole rings is 1. The van der Waals surface area contributed by atoms with Crippen LogP contribution in [0.1, 0.15) is 57.9 Å². The van der Waals surface area contributed by atoms with E-state index in [2.05, 4.69) is 10.3 Å². The van der Waals surface area contributed by atoms with E-state index in [1.54, 1.807) is 24.1 Å². The molecule has 1 aromatic heterocycles. The van der Waals surface area contributed by atoms with Gasteiger partial charge in [0.15, 0.2) is 0 Å². The third-order valence-corrected chi connectivity index (χ3v) is 6.48. The number of fused-ring (bicyclic) bond motifs is 2. The fraction of sp³-hybridized carbons (Fsp3) is 0.385. The van der Waals surface area contributed by atoms with Gasteiger partial charge in [-0.25, -0.2) is 9.37 Å². The van der Waals surface area contributed by atoms with Gasteiger partial charge in [-0.15, -0.1) is 0 Å². The number of rotatable bonds is 10. The number of aromatic nitrogens is 2. The van der Waals surface area contributed by atoms with Crippen LogP contribution >= 0.6 is 0 Å². The fourth-order valence-electron chi connectivity index (χ4n) is 4.51. The van der Waals surface area contributed by atoms with Gasteiger partial charge in [0.25, 0.3) is 11.8 Å². The molecule has 0 radical (unpaired) electrons. The quantitative estimate of drug-likeness (QED) is 0.255. The summed E-state index contributed by atoms with van der Waals surface area (Å²) < 4.78 is 20.0. The summed E-state index contributed by atoms with van der Waals surface area (Å²) in [6.45, 7) is 2.63. The standard InChI is InChI=1S/C26H31FN6O3/c1-4-33-15-17-11-10-16(13-18(17)26(33)35)25(34)30-19(7-6-12-29-22(28)14-27)24-31-23-20(32(24)2)8-5-9-21(23)36-3/h5,8-11,13,19H,4,6-7,12,14-15H2,1-3H3,(H2,28,29)(H,30,34)/t19-/m0/s1. The number of para-hydroxylation sites is 1. The first-order chi connectivity index (χ1) is 17.4. The Bertz CT molecular complexity index is 1320. The van der Waals surface area contributed by atoms with E-state index in [1.165, 1.54) is 0 Å². The zero-order valence-corrected chi connectivity index (χ0v) is 20.8.